The number of anilines is 1. The summed E-state index contributed by atoms with van der Waals surface area (Å²) in [5, 5.41) is 0. The molecule has 3 heterocycles. The summed E-state index contributed by atoms with van der Waals surface area (Å²) in [6.07, 6.45) is 9.97. The molecule has 2 aliphatic heterocycles. The molecule has 17 heavy (non-hydrogen) atoms. The minimum absolute atomic E-state index is 0.390. The van der Waals surface area contributed by atoms with Crippen molar-refractivity contribution in [3.05, 3.63) is 22.9 Å². The number of fused-ring (bicyclic) bond motifs is 2. The van der Waals surface area contributed by atoms with Crippen LogP contribution >= 0.6 is 15.9 Å². The molecule has 2 unspecified atom stereocenters. The van der Waals surface area contributed by atoms with Gasteiger partial charge in [0.05, 0.1) is 11.9 Å². The lowest BCUT2D eigenvalue weighted by Crippen LogP contribution is -2.55. The Hall–Kier alpha value is -0.610. The lowest BCUT2D eigenvalue weighted by molar-refractivity contribution is 0.271. The second kappa shape index (κ2) is 4.58. The van der Waals surface area contributed by atoms with Gasteiger partial charge in [0.25, 0.3) is 0 Å². The SMILES string of the molecule is NC1CC2CCCC(C1)N2c1cncc(Br)c1. The second-order valence-corrected chi connectivity index (χ2v) is 6.15. The van der Waals surface area contributed by atoms with Crippen LogP contribution in [-0.4, -0.2) is 23.1 Å². The molecule has 2 aliphatic rings. The number of halogens is 1. The van der Waals surface area contributed by atoms with E-state index in [1.807, 2.05) is 12.4 Å². The van der Waals surface area contributed by atoms with Crippen molar-refractivity contribution < 1.29 is 0 Å². The number of nitrogens with zero attached hydrogens (tertiary/aromatic N) is 2. The summed E-state index contributed by atoms with van der Waals surface area (Å²) >= 11 is 3.51. The van der Waals surface area contributed by atoms with Gasteiger partial charge in [-0.1, -0.05) is 0 Å². The molecule has 0 aromatic carbocycles. The van der Waals surface area contributed by atoms with E-state index < -0.39 is 0 Å². The van der Waals surface area contributed by atoms with Crippen LogP contribution in [0.15, 0.2) is 22.9 Å². The molecule has 92 valence electrons. The molecular formula is C13H18BrN3. The molecule has 1 aromatic heterocycles. The molecule has 0 amide bonds. The van der Waals surface area contributed by atoms with Crippen molar-refractivity contribution in [2.75, 3.05) is 4.90 Å². The van der Waals surface area contributed by atoms with Gasteiger partial charge in [-0.05, 0) is 54.1 Å². The maximum absolute atomic E-state index is 6.14. The number of rotatable bonds is 1. The Morgan fingerprint density at radius 3 is 2.59 bits per heavy atom. The maximum atomic E-state index is 6.14. The summed E-state index contributed by atoms with van der Waals surface area (Å²) in [7, 11) is 0. The van der Waals surface area contributed by atoms with E-state index >= 15 is 0 Å². The average molecular weight is 296 g/mol. The van der Waals surface area contributed by atoms with Gasteiger partial charge in [0.15, 0.2) is 0 Å². The molecule has 4 heteroatoms. The lowest BCUT2D eigenvalue weighted by atomic mass is 9.82. The van der Waals surface area contributed by atoms with Crippen LogP contribution in [0.4, 0.5) is 5.69 Å². The summed E-state index contributed by atoms with van der Waals surface area (Å²) < 4.78 is 1.06. The Balaban J connectivity index is 1.91. The molecule has 1 aromatic rings. The first-order chi connectivity index (χ1) is 8.24. The van der Waals surface area contributed by atoms with Gasteiger partial charge in [0.1, 0.15) is 0 Å². The van der Waals surface area contributed by atoms with Gasteiger partial charge in [-0.3, -0.25) is 4.98 Å². The minimum Gasteiger partial charge on any atom is -0.364 e. The van der Waals surface area contributed by atoms with E-state index in [4.69, 9.17) is 5.73 Å². The van der Waals surface area contributed by atoms with Crippen LogP contribution in [0, 0.1) is 0 Å². The predicted octanol–water partition coefficient (Wildman–Crippen LogP) is 2.69. The van der Waals surface area contributed by atoms with Crippen molar-refractivity contribution in [3.8, 4) is 0 Å². The van der Waals surface area contributed by atoms with E-state index in [9.17, 15) is 0 Å². The van der Waals surface area contributed by atoms with Crippen molar-refractivity contribution in [1.29, 1.82) is 0 Å². The molecule has 3 nitrogen and oxygen atoms in total. The molecule has 0 spiro atoms. The first kappa shape index (κ1) is 11.5. The number of aromatic nitrogens is 1. The fourth-order valence-corrected chi connectivity index (χ4v) is 3.74. The van der Waals surface area contributed by atoms with Crippen LogP contribution in [0.5, 0.6) is 0 Å². The van der Waals surface area contributed by atoms with E-state index in [0.29, 0.717) is 18.1 Å². The van der Waals surface area contributed by atoms with Crippen LogP contribution in [0.3, 0.4) is 0 Å². The fourth-order valence-electron chi connectivity index (χ4n) is 3.39. The highest BCUT2D eigenvalue weighted by Gasteiger charge is 2.37. The number of piperidine rings is 2. The van der Waals surface area contributed by atoms with E-state index in [1.165, 1.54) is 24.9 Å². The molecular weight excluding hydrogens is 278 g/mol. The summed E-state index contributed by atoms with van der Waals surface area (Å²) in [4.78, 5) is 6.85. The van der Waals surface area contributed by atoms with Crippen LogP contribution < -0.4 is 10.6 Å². The van der Waals surface area contributed by atoms with Gasteiger partial charge >= 0.3 is 0 Å². The van der Waals surface area contributed by atoms with Gasteiger partial charge in [0.2, 0.25) is 0 Å². The molecule has 3 rings (SSSR count). The zero-order valence-electron chi connectivity index (χ0n) is 9.85. The Morgan fingerprint density at radius 1 is 1.24 bits per heavy atom. The third kappa shape index (κ3) is 2.20. The second-order valence-electron chi connectivity index (χ2n) is 5.24. The summed E-state index contributed by atoms with van der Waals surface area (Å²) in [5.41, 5.74) is 7.39. The third-order valence-electron chi connectivity index (χ3n) is 4.00. The predicted molar refractivity (Wildman–Crippen MR) is 73.1 cm³/mol. The Bertz CT molecular complexity index is 395. The molecule has 2 saturated heterocycles. The van der Waals surface area contributed by atoms with Crippen LogP contribution in [0.2, 0.25) is 0 Å². The third-order valence-corrected chi connectivity index (χ3v) is 4.43. The first-order valence-corrected chi connectivity index (χ1v) is 7.18. The monoisotopic (exact) mass is 295 g/mol. The van der Waals surface area contributed by atoms with E-state index in [0.717, 1.165) is 17.3 Å². The Morgan fingerprint density at radius 2 is 1.94 bits per heavy atom. The number of hydrogen-bond acceptors (Lipinski definition) is 3. The smallest absolute Gasteiger partial charge is 0.0569 e. The largest absolute Gasteiger partial charge is 0.364 e. The number of hydrogen-bond donors (Lipinski definition) is 1. The highest BCUT2D eigenvalue weighted by molar-refractivity contribution is 9.10. The first-order valence-electron chi connectivity index (χ1n) is 6.38. The van der Waals surface area contributed by atoms with Gasteiger partial charge in [-0.15, -0.1) is 0 Å². The Kier molecular flexibility index (Phi) is 3.09. The van der Waals surface area contributed by atoms with Crippen molar-refractivity contribution >= 4 is 21.6 Å². The van der Waals surface area contributed by atoms with Gasteiger partial charge in [-0.25, -0.2) is 0 Å². The van der Waals surface area contributed by atoms with E-state index in [2.05, 4.69) is 31.9 Å². The number of pyridine rings is 1. The van der Waals surface area contributed by atoms with Gasteiger partial charge in [0, 0.05) is 28.8 Å². The lowest BCUT2D eigenvalue weighted by Gasteiger charge is -2.49. The average Bonchev–Trinajstić information content (AvgIpc) is 2.27. The maximum Gasteiger partial charge on any atom is 0.0569 e. The molecule has 2 fully saturated rings. The molecule has 0 aliphatic carbocycles. The molecule has 2 bridgehead atoms. The normalized spacial score (nSPS) is 32.6. The van der Waals surface area contributed by atoms with Crippen LogP contribution in [-0.2, 0) is 0 Å². The standard InChI is InChI=1S/C13H18BrN3/c14-9-4-13(8-16-7-9)17-11-2-1-3-12(17)6-10(15)5-11/h4,7-8,10-12H,1-3,5-6,15H2. The van der Waals surface area contributed by atoms with Crippen molar-refractivity contribution in [1.82, 2.24) is 4.98 Å². The fraction of sp³-hybridized carbons (Fsp3) is 0.615. The molecule has 2 N–H and O–H groups in total. The highest BCUT2D eigenvalue weighted by atomic mass is 79.9. The summed E-state index contributed by atoms with van der Waals surface area (Å²) in [5.74, 6) is 0. The summed E-state index contributed by atoms with van der Waals surface area (Å²) in [6.45, 7) is 0. The van der Waals surface area contributed by atoms with Crippen molar-refractivity contribution in [2.45, 2.75) is 50.2 Å². The van der Waals surface area contributed by atoms with Crippen LogP contribution in [0.1, 0.15) is 32.1 Å². The molecule has 2 atom stereocenters. The zero-order valence-corrected chi connectivity index (χ0v) is 11.4. The molecule has 0 saturated carbocycles. The Labute approximate surface area is 111 Å². The zero-order chi connectivity index (χ0) is 11.8. The minimum atomic E-state index is 0.390. The van der Waals surface area contributed by atoms with Gasteiger partial charge < -0.3 is 10.6 Å². The van der Waals surface area contributed by atoms with Crippen LogP contribution in [0.25, 0.3) is 0 Å². The molecule has 0 radical (unpaired) electrons. The van der Waals surface area contributed by atoms with E-state index in [-0.39, 0.29) is 0 Å². The highest BCUT2D eigenvalue weighted by Crippen LogP contribution is 2.37. The topological polar surface area (TPSA) is 42.1 Å². The summed E-state index contributed by atoms with van der Waals surface area (Å²) in [6, 6.07) is 3.80. The van der Waals surface area contributed by atoms with Crippen molar-refractivity contribution in [3.63, 3.8) is 0 Å². The van der Waals surface area contributed by atoms with Gasteiger partial charge in [-0.2, -0.15) is 0 Å². The van der Waals surface area contributed by atoms with E-state index in [1.54, 1.807) is 0 Å². The number of nitrogens with two attached hydrogens (primary N) is 1. The quantitative estimate of drug-likeness (QED) is 0.866. The van der Waals surface area contributed by atoms with Crippen molar-refractivity contribution in [2.24, 2.45) is 5.73 Å².